The lowest BCUT2D eigenvalue weighted by Gasteiger charge is -2.26. The Hall–Kier alpha value is -3.47. The Kier molecular flexibility index (Phi) is 9.15. The first kappa shape index (κ1) is 30.0. The van der Waals surface area contributed by atoms with Gasteiger partial charge in [0.1, 0.15) is 5.75 Å². The van der Waals surface area contributed by atoms with Crippen LogP contribution in [-0.2, 0) is 10.0 Å². The molecule has 0 saturated heterocycles. The molecule has 0 spiro atoms. The van der Waals surface area contributed by atoms with Gasteiger partial charge in [0, 0.05) is 35.2 Å². The maximum atomic E-state index is 13.1. The van der Waals surface area contributed by atoms with Crippen LogP contribution >= 0.6 is 12.4 Å². The van der Waals surface area contributed by atoms with Crippen LogP contribution in [0.4, 0.5) is 11.6 Å². The van der Waals surface area contributed by atoms with Gasteiger partial charge in [-0.1, -0.05) is 37.1 Å². The van der Waals surface area contributed by atoms with Gasteiger partial charge in [-0.2, -0.15) is 0 Å². The zero-order valence-corrected chi connectivity index (χ0v) is 25.3. The molecule has 0 aliphatic heterocycles. The number of ether oxygens (including phenoxy) is 1. The van der Waals surface area contributed by atoms with Gasteiger partial charge < -0.3 is 15.8 Å². The normalized spacial score (nSPS) is 19.3. The van der Waals surface area contributed by atoms with E-state index in [-0.39, 0.29) is 23.7 Å². The average molecular weight is 609 g/mol. The molecule has 0 bridgehead atoms. The summed E-state index contributed by atoms with van der Waals surface area (Å²) < 4.78 is 35.7. The zero-order valence-electron chi connectivity index (χ0n) is 23.6. The van der Waals surface area contributed by atoms with E-state index in [1.54, 1.807) is 12.4 Å². The van der Waals surface area contributed by atoms with Gasteiger partial charge in [0.15, 0.2) is 0 Å². The summed E-state index contributed by atoms with van der Waals surface area (Å²) >= 11 is 0. The van der Waals surface area contributed by atoms with E-state index >= 15 is 0 Å². The van der Waals surface area contributed by atoms with Crippen molar-refractivity contribution in [3.05, 3.63) is 66.5 Å². The summed E-state index contributed by atoms with van der Waals surface area (Å²) in [6, 6.07) is 15.7. The molecule has 4 aromatic rings. The number of benzene rings is 2. The monoisotopic (exact) mass is 608 g/mol. The SMILES string of the molecule is Cc1cc(NS(=O)(=O)C2CCCC2)c2ccccc2c1Oc1ncccc1-c1ccnc(NC2CCC(N)CC2)n1.Cl. The predicted octanol–water partition coefficient (Wildman–Crippen LogP) is 6.58. The molecule has 9 nitrogen and oxygen atoms in total. The highest BCUT2D eigenvalue weighted by molar-refractivity contribution is 7.93. The zero-order chi connectivity index (χ0) is 28.4. The van der Waals surface area contributed by atoms with Gasteiger partial charge in [0.25, 0.3) is 0 Å². The lowest BCUT2D eigenvalue weighted by Crippen LogP contribution is -2.33. The van der Waals surface area contributed by atoms with Gasteiger partial charge in [-0.15, -0.1) is 12.4 Å². The third-order valence-electron chi connectivity index (χ3n) is 8.18. The number of nitrogens with zero attached hydrogens (tertiary/aromatic N) is 3. The summed E-state index contributed by atoms with van der Waals surface area (Å²) in [4.78, 5) is 13.8. The predicted molar refractivity (Wildman–Crippen MR) is 170 cm³/mol. The Labute approximate surface area is 253 Å². The van der Waals surface area contributed by atoms with Crippen LogP contribution < -0.4 is 20.5 Å². The fourth-order valence-corrected chi connectivity index (χ4v) is 7.53. The number of pyridine rings is 1. The number of aryl methyl sites for hydroxylation is 1. The van der Waals surface area contributed by atoms with Crippen LogP contribution in [0.15, 0.2) is 60.9 Å². The molecule has 11 heteroatoms. The molecule has 4 N–H and O–H groups in total. The second-order valence-corrected chi connectivity index (χ2v) is 13.1. The topological polar surface area (TPSA) is 132 Å². The van der Waals surface area contributed by atoms with Crippen LogP contribution in [0.25, 0.3) is 22.0 Å². The number of nitrogens with one attached hydrogen (secondary N) is 2. The number of aromatic nitrogens is 3. The van der Waals surface area contributed by atoms with Crippen LogP contribution in [0, 0.1) is 6.92 Å². The van der Waals surface area contributed by atoms with E-state index in [0.29, 0.717) is 47.8 Å². The fourth-order valence-electron chi connectivity index (χ4n) is 5.93. The molecule has 2 aromatic carbocycles. The molecule has 2 fully saturated rings. The molecule has 2 aromatic heterocycles. The minimum Gasteiger partial charge on any atom is -0.437 e. The maximum Gasteiger partial charge on any atom is 0.235 e. The lowest BCUT2D eigenvalue weighted by molar-refractivity contribution is 0.410. The summed E-state index contributed by atoms with van der Waals surface area (Å²) in [5.41, 5.74) is 8.86. The van der Waals surface area contributed by atoms with E-state index in [1.807, 2.05) is 55.5 Å². The lowest BCUT2D eigenvalue weighted by atomic mass is 9.92. The summed E-state index contributed by atoms with van der Waals surface area (Å²) in [5.74, 6) is 1.60. The van der Waals surface area contributed by atoms with E-state index in [1.165, 1.54) is 0 Å². The summed E-state index contributed by atoms with van der Waals surface area (Å²) in [6.45, 7) is 1.92. The molecule has 42 heavy (non-hydrogen) atoms. The highest BCUT2D eigenvalue weighted by Crippen LogP contribution is 2.40. The first-order chi connectivity index (χ1) is 19.9. The Bertz CT molecular complexity index is 1650. The number of sulfonamides is 1. The number of nitrogens with two attached hydrogens (primary N) is 1. The molecule has 0 radical (unpaired) electrons. The molecule has 2 aliphatic carbocycles. The van der Waals surface area contributed by atoms with Gasteiger partial charge in [0.2, 0.25) is 21.9 Å². The first-order valence-corrected chi connectivity index (χ1v) is 15.9. The van der Waals surface area contributed by atoms with E-state index in [0.717, 1.165) is 60.4 Å². The Morgan fingerprint density at radius 2 is 1.64 bits per heavy atom. The smallest absolute Gasteiger partial charge is 0.235 e. The summed E-state index contributed by atoms with van der Waals surface area (Å²) in [6.07, 6.45) is 10.7. The molecule has 2 heterocycles. The largest absolute Gasteiger partial charge is 0.437 e. The van der Waals surface area contributed by atoms with Crippen LogP contribution in [0.1, 0.15) is 56.9 Å². The number of fused-ring (bicyclic) bond motifs is 1. The van der Waals surface area contributed by atoms with Crippen molar-refractivity contribution in [2.24, 2.45) is 5.73 Å². The van der Waals surface area contributed by atoms with Gasteiger partial charge in [-0.25, -0.2) is 23.4 Å². The molecule has 0 amide bonds. The summed E-state index contributed by atoms with van der Waals surface area (Å²) in [7, 11) is -3.48. The number of hydrogen-bond acceptors (Lipinski definition) is 8. The van der Waals surface area contributed by atoms with Crippen LogP contribution in [0.2, 0.25) is 0 Å². The molecule has 0 atom stereocenters. The fraction of sp³-hybridized carbons (Fsp3) is 0.387. The van der Waals surface area contributed by atoms with Crippen LogP contribution in [0.5, 0.6) is 11.6 Å². The van der Waals surface area contributed by atoms with E-state index in [9.17, 15) is 8.42 Å². The van der Waals surface area contributed by atoms with Gasteiger partial charge >= 0.3 is 0 Å². The van der Waals surface area contributed by atoms with E-state index in [2.05, 4.69) is 20.0 Å². The minimum absolute atomic E-state index is 0. The number of rotatable bonds is 8. The van der Waals surface area contributed by atoms with Crippen molar-refractivity contribution in [1.29, 1.82) is 0 Å². The average Bonchev–Trinajstić information content (AvgIpc) is 3.53. The van der Waals surface area contributed by atoms with Crippen molar-refractivity contribution in [1.82, 2.24) is 15.0 Å². The summed E-state index contributed by atoms with van der Waals surface area (Å²) in [5, 5.41) is 4.68. The van der Waals surface area contributed by atoms with Gasteiger partial charge in [0.05, 0.1) is 22.2 Å². The Balaban J connectivity index is 0.00000353. The molecule has 2 aliphatic rings. The quantitative estimate of drug-likeness (QED) is 0.204. The van der Waals surface area contributed by atoms with Crippen molar-refractivity contribution in [3.63, 3.8) is 0 Å². The number of halogens is 1. The van der Waals surface area contributed by atoms with E-state index in [4.69, 9.17) is 15.5 Å². The standard InChI is InChI=1S/C31H36N6O3S.ClH/c1-20-19-28(37-41(38,39)23-7-2-3-8-23)24-9-4-5-10-25(24)29(20)40-30-26(11-6-17-33-30)27-16-18-34-31(36-27)35-22-14-12-21(32)13-15-22;/h4-6,9-11,16-19,21-23,37H,2-3,7-8,12-15,32H2,1H3,(H,34,35,36);1H. The molecule has 2 saturated carbocycles. The molecule has 0 unspecified atom stereocenters. The number of hydrogen-bond donors (Lipinski definition) is 3. The molecule has 6 rings (SSSR count). The highest BCUT2D eigenvalue weighted by Gasteiger charge is 2.29. The third kappa shape index (κ3) is 6.45. The molecular weight excluding hydrogens is 572 g/mol. The second kappa shape index (κ2) is 12.8. The Morgan fingerprint density at radius 3 is 2.40 bits per heavy atom. The van der Waals surface area contributed by atoms with Crippen molar-refractivity contribution in [2.45, 2.75) is 75.6 Å². The van der Waals surface area contributed by atoms with Crippen LogP contribution in [-0.4, -0.2) is 40.7 Å². The third-order valence-corrected chi connectivity index (χ3v) is 10.0. The first-order valence-electron chi connectivity index (χ1n) is 14.4. The van der Waals surface area contributed by atoms with Crippen molar-refractivity contribution in [2.75, 3.05) is 10.0 Å². The second-order valence-electron chi connectivity index (χ2n) is 11.1. The minimum atomic E-state index is -3.48. The van der Waals surface area contributed by atoms with Crippen molar-refractivity contribution >= 4 is 44.8 Å². The Morgan fingerprint density at radius 1 is 0.905 bits per heavy atom. The molecule has 222 valence electrons. The van der Waals surface area contributed by atoms with Gasteiger partial charge in [-0.05, 0) is 75.3 Å². The van der Waals surface area contributed by atoms with Crippen LogP contribution in [0.3, 0.4) is 0 Å². The molecular formula is C31H37ClN6O3S. The number of anilines is 2. The maximum absolute atomic E-state index is 13.1. The van der Waals surface area contributed by atoms with Crippen molar-refractivity contribution < 1.29 is 13.2 Å². The van der Waals surface area contributed by atoms with Crippen molar-refractivity contribution in [3.8, 4) is 22.9 Å². The van der Waals surface area contributed by atoms with Gasteiger partial charge in [-0.3, -0.25) is 4.72 Å². The van der Waals surface area contributed by atoms with E-state index < -0.39 is 10.0 Å². The highest BCUT2D eigenvalue weighted by atomic mass is 35.5.